The first kappa shape index (κ1) is 11.8. The van der Waals surface area contributed by atoms with Gasteiger partial charge in [-0.2, -0.15) is 0 Å². The Morgan fingerprint density at radius 2 is 1.95 bits per heavy atom. The van der Waals surface area contributed by atoms with Crippen LogP contribution in [0, 0.1) is 5.82 Å². The molecule has 0 atom stereocenters. The number of aromatic nitrogens is 4. The minimum absolute atomic E-state index is 0.125. The van der Waals surface area contributed by atoms with Crippen LogP contribution in [0.15, 0.2) is 32.3 Å². The average Bonchev–Trinajstić information content (AvgIpc) is 2.76. The standard InChI is InChI=1S/C11H6BrFN4O2/c12-6-2-1-4(13)3-5(6)8-14-7-9(15-8)16-11(19)17-10(7)18/h1-3H,(H3,14,15,16,17,18,19). The maximum Gasteiger partial charge on any atom is 0.327 e. The molecule has 0 fully saturated rings. The lowest BCUT2D eigenvalue weighted by Crippen LogP contribution is -2.21. The largest absolute Gasteiger partial charge is 0.332 e. The van der Waals surface area contributed by atoms with Gasteiger partial charge in [-0.05, 0) is 18.2 Å². The first-order valence-corrected chi connectivity index (χ1v) is 6.01. The second-order valence-electron chi connectivity index (χ2n) is 3.84. The molecule has 0 saturated heterocycles. The number of nitrogens with one attached hydrogen (secondary N) is 3. The van der Waals surface area contributed by atoms with Gasteiger partial charge in [0.2, 0.25) is 0 Å². The Bertz CT molecular complexity index is 896. The number of rotatable bonds is 1. The normalized spacial score (nSPS) is 11.1. The zero-order chi connectivity index (χ0) is 13.6. The minimum atomic E-state index is -0.645. The second kappa shape index (κ2) is 4.16. The molecule has 0 aliphatic rings. The van der Waals surface area contributed by atoms with Crippen molar-refractivity contribution in [2.45, 2.75) is 0 Å². The van der Waals surface area contributed by atoms with E-state index in [2.05, 4.69) is 35.9 Å². The number of hydrogen-bond donors (Lipinski definition) is 3. The molecule has 0 bridgehead atoms. The van der Waals surface area contributed by atoms with Crippen LogP contribution in [0.4, 0.5) is 4.39 Å². The summed E-state index contributed by atoms with van der Waals surface area (Å²) in [5, 5.41) is 0. The molecule has 3 aromatic rings. The third-order valence-corrected chi connectivity index (χ3v) is 3.26. The van der Waals surface area contributed by atoms with Crippen molar-refractivity contribution in [3.8, 4) is 11.4 Å². The predicted octanol–water partition coefficient (Wildman–Crippen LogP) is 1.51. The van der Waals surface area contributed by atoms with E-state index >= 15 is 0 Å². The first-order chi connectivity index (χ1) is 9.04. The summed E-state index contributed by atoms with van der Waals surface area (Å²) in [5.41, 5.74) is -0.513. The average molecular weight is 325 g/mol. The highest BCUT2D eigenvalue weighted by Gasteiger charge is 2.12. The number of halogens is 2. The van der Waals surface area contributed by atoms with Crippen LogP contribution >= 0.6 is 15.9 Å². The van der Waals surface area contributed by atoms with E-state index in [1.165, 1.54) is 18.2 Å². The number of benzene rings is 1. The van der Waals surface area contributed by atoms with E-state index in [4.69, 9.17) is 0 Å². The molecule has 2 aromatic heterocycles. The highest BCUT2D eigenvalue weighted by Crippen LogP contribution is 2.27. The third kappa shape index (κ3) is 1.99. The van der Waals surface area contributed by atoms with Gasteiger partial charge in [0.1, 0.15) is 17.2 Å². The number of imidazole rings is 1. The fourth-order valence-electron chi connectivity index (χ4n) is 1.74. The zero-order valence-electron chi connectivity index (χ0n) is 9.25. The van der Waals surface area contributed by atoms with Crippen LogP contribution in [0.3, 0.4) is 0 Å². The summed E-state index contributed by atoms with van der Waals surface area (Å²) < 4.78 is 13.9. The molecule has 6 nitrogen and oxygen atoms in total. The number of aromatic amines is 3. The number of fused-ring (bicyclic) bond motifs is 1. The van der Waals surface area contributed by atoms with Crippen molar-refractivity contribution in [2.24, 2.45) is 0 Å². The highest BCUT2D eigenvalue weighted by molar-refractivity contribution is 9.10. The van der Waals surface area contributed by atoms with Gasteiger partial charge in [0, 0.05) is 10.0 Å². The molecule has 0 aliphatic heterocycles. The molecular formula is C11H6BrFN4O2. The van der Waals surface area contributed by atoms with Crippen molar-refractivity contribution in [1.82, 2.24) is 19.9 Å². The Morgan fingerprint density at radius 1 is 1.16 bits per heavy atom. The summed E-state index contributed by atoms with van der Waals surface area (Å²) in [5.74, 6) is -0.144. The van der Waals surface area contributed by atoms with E-state index in [1.807, 2.05) is 0 Å². The summed E-state index contributed by atoms with van der Waals surface area (Å²) >= 11 is 3.27. The number of nitrogens with zero attached hydrogens (tertiary/aromatic N) is 1. The van der Waals surface area contributed by atoms with Gasteiger partial charge < -0.3 is 4.98 Å². The van der Waals surface area contributed by atoms with Gasteiger partial charge >= 0.3 is 5.69 Å². The smallest absolute Gasteiger partial charge is 0.327 e. The van der Waals surface area contributed by atoms with Crippen LogP contribution in [-0.4, -0.2) is 19.9 Å². The quantitative estimate of drug-likeness (QED) is 0.633. The summed E-state index contributed by atoms with van der Waals surface area (Å²) in [6, 6.07) is 4.10. The Labute approximate surface area is 112 Å². The SMILES string of the molecule is O=c1[nH]c(=O)c2[nH]c(-c3cc(F)ccc3Br)nc2[nH]1. The fraction of sp³-hybridized carbons (Fsp3) is 0. The topological polar surface area (TPSA) is 94.4 Å². The number of H-pyrrole nitrogens is 3. The molecule has 3 N–H and O–H groups in total. The molecule has 3 rings (SSSR count). The van der Waals surface area contributed by atoms with Gasteiger partial charge in [0.25, 0.3) is 5.56 Å². The van der Waals surface area contributed by atoms with Crippen LogP contribution in [0.5, 0.6) is 0 Å². The van der Waals surface area contributed by atoms with Gasteiger partial charge in [-0.25, -0.2) is 14.2 Å². The Hall–Kier alpha value is -2.22. The molecule has 8 heteroatoms. The van der Waals surface area contributed by atoms with E-state index in [9.17, 15) is 14.0 Å². The van der Waals surface area contributed by atoms with Crippen LogP contribution in [0.25, 0.3) is 22.6 Å². The van der Waals surface area contributed by atoms with Gasteiger partial charge in [-0.3, -0.25) is 14.8 Å². The molecule has 96 valence electrons. The second-order valence-corrected chi connectivity index (χ2v) is 4.70. The van der Waals surface area contributed by atoms with E-state index in [1.54, 1.807) is 0 Å². The molecule has 2 heterocycles. The first-order valence-electron chi connectivity index (χ1n) is 5.22. The van der Waals surface area contributed by atoms with Crippen LogP contribution in [0.2, 0.25) is 0 Å². The van der Waals surface area contributed by atoms with Gasteiger partial charge in [0.15, 0.2) is 5.65 Å². The van der Waals surface area contributed by atoms with E-state index < -0.39 is 17.1 Å². The summed E-state index contributed by atoms with van der Waals surface area (Å²) in [6.45, 7) is 0. The predicted molar refractivity (Wildman–Crippen MR) is 70.4 cm³/mol. The van der Waals surface area contributed by atoms with Crippen LogP contribution < -0.4 is 11.2 Å². The molecule has 0 amide bonds. The summed E-state index contributed by atoms with van der Waals surface area (Å²) in [6.07, 6.45) is 0. The Morgan fingerprint density at radius 3 is 2.74 bits per heavy atom. The van der Waals surface area contributed by atoms with Crippen LogP contribution in [0.1, 0.15) is 0 Å². The summed E-state index contributed by atoms with van der Waals surface area (Å²) in [7, 11) is 0. The van der Waals surface area contributed by atoms with Crippen molar-refractivity contribution in [3.63, 3.8) is 0 Å². The van der Waals surface area contributed by atoms with Gasteiger partial charge in [-0.1, -0.05) is 15.9 Å². The molecule has 0 spiro atoms. The van der Waals surface area contributed by atoms with E-state index in [0.29, 0.717) is 10.0 Å². The lowest BCUT2D eigenvalue weighted by Gasteiger charge is -2.00. The van der Waals surface area contributed by atoms with Crippen molar-refractivity contribution in [2.75, 3.05) is 0 Å². The zero-order valence-corrected chi connectivity index (χ0v) is 10.8. The van der Waals surface area contributed by atoms with Gasteiger partial charge in [0.05, 0.1) is 0 Å². The van der Waals surface area contributed by atoms with Crippen molar-refractivity contribution in [1.29, 1.82) is 0 Å². The van der Waals surface area contributed by atoms with Crippen molar-refractivity contribution in [3.05, 3.63) is 49.3 Å². The Kier molecular flexibility index (Phi) is 2.59. The molecule has 19 heavy (non-hydrogen) atoms. The van der Waals surface area contributed by atoms with Gasteiger partial charge in [-0.15, -0.1) is 0 Å². The monoisotopic (exact) mass is 324 g/mol. The molecule has 1 aromatic carbocycles. The van der Waals surface area contributed by atoms with Crippen molar-refractivity contribution < 1.29 is 4.39 Å². The molecule has 0 radical (unpaired) electrons. The van der Waals surface area contributed by atoms with Crippen molar-refractivity contribution >= 4 is 27.1 Å². The lowest BCUT2D eigenvalue weighted by atomic mass is 10.2. The van der Waals surface area contributed by atoms with E-state index in [-0.39, 0.29) is 17.0 Å². The Balaban J connectivity index is 2.32. The maximum atomic E-state index is 13.2. The summed E-state index contributed by atoms with van der Waals surface area (Å²) in [4.78, 5) is 34.0. The lowest BCUT2D eigenvalue weighted by molar-refractivity contribution is 0.628. The molecule has 0 unspecified atom stereocenters. The minimum Gasteiger partial charge on any atom is -0.332 e. The van der Waals surface area contributed by atoms with E-state index in [0.717, 1.165) is 0 Å². The maximum absolute atomic E-state index is 13.2. The third-order valence-electron chi connectivity index (χ3n) is 2.57. The highest BCUT2D eigenvalue weighted by atomic mass is 79.9. The molecule has 0 aliphatic carbocycles. The van der Waals surface area contributed by atoms with Crippen LogP contribution in [-0.2, 0) is 0 Å². The fourth-order valence-corrected chi connectivity index (χ4v) is 2.17. The molecular weight excluding hydrogens is 319 g/mol. The number of hydrogen-bond acceptors (Lipinski definition) is 3. The molecule has 0 saturated carbocycles.